The number of ether oxygens (including phenoxy) is 2. The summed E-state index contributed by atoms with van der Waals surface area (Å²) in [6.07, 6.45) is -0.245. The molecule has 0 bridgehead atoms. The van der Waals surface area contributed by atoms with Crippen molar-refractivity contribution in [3.8, 4) is 5.75 Å². The van der Waals surface area contributed by atoms with Crippen LogP contribution in [0.1, 0.15) is 6.42 Å². The molecule has 5 nitrogen and oxygen atoms in total. The average molecular weight is 221 g/mol. The Kier molecular flexibility index (Phi) is 3.05. The molecule has 1 aliphatic rings. The Labute approximate surface area is 92.6 Å². The first-order valence-electron chi connectivity index (χ1n) is 4.87. The minimum atomic E-state index is -0.478. The number of nitrogens with zero attached hydrogens (tertiary/aromatic N) is 1. The second kappa shape index (κ2) is 4.65. The van der Waals surface area contributed by atoms with Gasteiger partial charge < -0.3 is 9.47 Å². The Morgan fingerprint density at radius 2 is 2.12 bits per heavy atom. The standard InChI is InChI=1S/C11H11NO4/c13-8-16-11-6-10(14)12(11)7-15-9-4-2-1-3-5-9/h1-5,8,11H,6-7H2. The maximum atomic E-state index is 11.2. The first-order valence-corrected chi connectivity index (χ1v) is 4.87. The fraction of sp³-hybridized carbons (Fsp3) is 0.273. The van der Waals surface area contributed by atoms with Crippen molar-refractivity contribution in [3.05, 3.63) is 30.3 Å². The Balaban J connectivity index is 1.85. The van der Waals surface area contributed by atoms with Gasteiger partial charge in [-0.2, -0.15) is 0 Å². The third-order valence-electron chi connectivity index (χ3n) is 2.34. The van der Waals surface area contributed by atoms with Crippen molar-refractivity contribution < 1.29 is 19.1 Å². The minimum absolute atomic E-state index is 0.0808. The summed E-state index contributed by atoms with van der Waals surface area (Å²) in [6, 6.07) is 9.14. The fourth-order valence-electron chi connectivity index (χ4n) is 1.43. The second-order valence-electron chi connectivity index (χ2n) is 3.34. The molecular weight excluding hydrogens is 210 g/mol. The average Bonchev–Trinajstić information content (AvgIpc) is 2.30. The lowest BCUT2D eigenvalue weighted by Crippen LogP contribution is -2.55. The highest BCUT2D eigenvalue weighted by atomic mass is 16.6. The summed E-state index contributed by atoms with van der Waals surface area (Å²) in [5.41, 5.74) is 0. The van der Waals surface area contributed by atoms with Crippen LogP contribution in [-0.4, -0.2) is 30.2 Å². The van der Waals surface area contributed by atoms with Crippen molar-refractivity contribution in [2.24, 2.45) is 0 Å². The highest BCUT2D eigenvalue weighted by Crippen LogP contribution is 2.20. The molecule has 0 spiro atoms. The van der Waals surface area contributed by atoms with Gasteiger partial charge in [-0.15, -0.1) is 0 Å². The van der Waals surface area contributed by atoms with Gasteiger partial charge in [-0.25, -0.2) is 0 Å². The molecule has 16 heavy (non-hydrogen) atoms. The molecule has 0 saturated carbocycles. The monoisotopic (exact) mass is 221 g/mol. The summed E-state index contributed by atoms with van der Waals surface area (Å²) < 4.78 is 10.1. The predicted octanol–water partition coefficient (Wildman–Crippen LogP) is 0.754. The molecule has 5 heteroatoms. The van der Waals surface area contributed by atoms with E-state index < -0.39 is 6.23 Å². The van der Waals surface area contributed by atoms with Crippen LogP contribution >= 0.6 is 0 Å². The van der Waals surface area contributed by atoms with Gasteiger partial charge >= 0.3 is 0 Å². The number of hydrogen-bond donors (Lipinski definition) is 0. The molecule has 1 heterocycles. The molecule has 0 aliphatic carbocycles. The van der Waals surface area contributed by atoms with E-state index in [1.807, 2.05) is 18.2 Å². The molecule has 2 rings (SSSR count). The summed E-state index contributed by atoms with van der Waals surface area (Å²) in [5, 5.41) is 0. The van der Waals surface area contributed by atoms with Gasteiger partial charge in [0.15, 0.2) is 13.0 Å². The summed E-state index contributed by atoms with van der Waals surface area (Å²) in [6.45, 7) is 0.438. The van der Waals surface area contributed by atoms with Crippen LogP contribution in [0.25, 0.3) is 0 Å². The molecule has 84 valence electrons. The predicted molar refractivity (Wildman–Crippen MR) is 54.3 cm³/mol. The first kappa shape index (κ1) is 10.5. The zero-order valence-electron chi connectivity index (χ0n) is 8.54. The minimum Gasteiger partial charge on any atom is -0.473 e. The molecule has 1 saturated heterocycles. The largest absolute Gasteiger partial charge is 0.473 e. The van der Waals surface area contributed by atoms with Crippen LogP contribution in [0.2, 0.25) is 0 Å². The number of carbonyl (C=O) groups excluding carboxylic acids is 2. The number of para-hydroxylation sites is 1. The number of carbonyl (C=O) groups is 2. The molecule has 1 unspecified atom stereocenters. The Bertz CT molecular complexity index is 377. The summed E-state index contributed by atoms with van der Waals surface area (Å²) >= 11 is 0. The third-order valence-corrected chi connectivity index (χ3v) is 2.34. The van der Waals surface area contributed by atoms with Crippen LogP contribution in [0.3, 0.4) is 0 Å². The lowest BCUT2D eigenvalue weighted by molar-refractivity contribution is -0.182. The third kappa shape index (κ3) is 2.13. The Morgan fingerprint density at radius 3 is 2.75 bits per heavy atom. The molecule has 0 aromatic heterocycles. The lowest BCUT2D eigenvalue weighted by atomic mass is 10.2. The Hall–Kier alpha value is -2.04. The lowest BCUT2D eigenvalue weighted by Gasteiger charge is -2.37. The number of rotatable bonds is 5. The quantitative estimate of drug-likeness (QED) is 0.544. The normalized spacial score (nSPS) is 18.9. The van der Waals surface area contributed by atoms with E-state index in [0.29, 0.717) is 12.2 Å². The highest BCUT2D eigenvalue weighted by molar-refractivity contribution is 5.82. The molecular formula is C11H11NO4. The van der Waals surface area contributed by atoms with Crippen LogP contribution in [0, 0.1) is 0 Å². The first-order chi connectivity index (χ1) is 7.81. The van der Waals surface area contributed by atoms with E-state index in [9.17, 15) is 9.59 Å². The van der Waals surface area contributed by atoms with E-state index in [-0.39, 0.29) is 19.1 Å². The van der Waals surface area contributed by atoms with Gasteiger partial charge in [-0.3, -0.25) is 14.5 Å². The number of β-lactam (4-membered cyclic amide) rings is 1. The number of amides is 1. The van der Waals surface area contributed by atoms with Gasteiger partial charge in [0, 0.05) is 0 Å². The van der Waals surface area contributed by atoms with E-state index in [2.05, 4.69) is 0 Å². The van der Waals surface area contributed by atoms with Crippen molar-refractivity contribution >= 4 is 12.4 Å². The maximum Gasteiger partial charge on any atom is 0.295 e. The Morgan fingerprint density at radius 1 is 1.38 bits per heavy atom. The summed E-state index contributed by atoms with van der Waals surface area (Å²) in [4.78, 5) is 22.7. The highest BCUT2D eigenvalue weighted by Gasteiger charge is 2.38. The van der Waals surface area contributed by atoms with Crippen molar-refractivity contribution in [3.63, 3.8) is 0 Å². The van der Waals surface area contributed by atoms with E-state index in [1.54, 1.807) is 12.1 Å². The molecule has 1 aromatic rings. The van der Waals surface area contributed by atoms with Crippen molar-refractivity contribution in [1.29, 1.82) is 0 Å². The molecule has 1 amide bonds. The van der Waals surface area contributed by atoms with Crippen LogP contribution in [-0.2, 0) is 14.3 Å². The van der Waals surface area contributed by atoms with Crippen LogP contribution in [0.15, 0.2) is 30.3 Å². The van der Waals surface area contributed by atoms with Gasteiger partial charge in [-0.05, 0) is 12.1 Å². The smallest absolute Gasteiger partial charge is 0.295 e. The number of hydrogen-bond acceptors (Lipinski definition) is 4. The summed E-state index contributed by atoms with van der Waals surface area (Å²) in [5.74, 6) is 0.592. The van der Waals surface area contributed by atoms with Crippen LogP contribution < -0.4 is 4.74 Å². The zero-order chi connectivity index (χ0) is 11.4. The van der Waals surface area contributed by atoms with E-state index in [0.717, 1.165) is 0 Å². The van der Waals surface area contributed by atoms with Gasteiger partial charge in [0.05, 0.1) is 6.42 Å². The molecule has 0 N–H and O–H groups in total. The molecule has 0 radical (unpaired) electrons. The van der Waals surface area contributed by atoms with Crippen LogP contribution in [0.4, 0.5) is 0 Å². The van der Waals surface area contributed by atoms with Crippen LogP contribution in [0.5, 0.6) is 5.75 Å². The van der Waals surface area contributed by atoms with Crippen molar-refractivity contribution in [2.75, 3.05) is 6.73 Å². The second-order valence-corrected chi connectivity index (χ2v) is 3.34. The van der Waals surface area contributed by atoms with E-state index in [4.69, 9.17) is 9.47 Å². The molecule has 1 atom stereocenters. The SMILES string of the molecule is O=COC1CC(=O)N1COc1ccccc1. The number of benzene rings is 1. The fourth-order valence-corrected chi connectivity index (χ4v) is 1.43. The topological polar surface area (TPSA) is 55.8 Å². The molecule has 1 fully saturated rings. The van der Waals surface area contributed by atoms with Gasteiger partial charge in [0.1, 0.15) is 5.75 Å². The van der Waals surface area contributed by atoms with Crippen molar-refractivity contribution in [2.45, 2.75) is 12.6 Å². The zero-order valence-corrected chi connectivity index (χ0v) is 8.54. The molecule has 1 aliphatic heterocycles. The van der Waals surface area contributed by atoms with E-state index >= 15 is 0 Å². The molecule has 1 aromatic carbocycles. The van der Waals surface area contributed by atoms with E-state index in [1.165, 1.54) is 4.90 Å². The van der Waals surface area contributed by atoms with Gasteiger partial charge in [0.2, 0.25) is 5.91 Å². The summed E-state index contributed by atoms with van der Waals surface area (Å²) in [7, 11) is 0. The van der Waals surface area contributed by atoms with Gasteiger partial charge in [-0.1, -0.05) is 18.2 Å². The van der Waals surface area contributed by atoms with Crippen molar-refractivity contribution in [1.82, 2.24) is 4.90 Å². The number of likely N-dealkylation sites (tertiary alicyclic amines) is 1. The maximum absolute atomic E-state index is 11.2. The van der Waals surface area contributed by atoms with Gasteiger partial charge in [0.25, 0.3) is 6.47 Å².